The van der Waals surface area contributed by atoms with E-state index in [2.05, 4.69) is 15.7 Å². The molecule has 31 heavy (non-hydrogen) atoms. The third kappa shape index (κ3) is 5.06. The molecule has 2 amide bonds. The van der Waals surface area contributed by atoms with Gasteiger partial charge < -0.3 is 20.5 Å². The number of carbonyl (C=O) groups excluding carboxylic acids is 2. The minimum absolute atomic E-state index is 0.0774. The number of nitrogens with one attached hydrogen (secondary N) is 2. The van der Waals surface area contributed by atoms with Crippen LogP contribution >= 0.6 is 11.6 Å². The van der Waals surface area contributed by atoms with Crippen molar-refractivity contribution in [2.24, 2.45) is 5.41 Å². The van der Waals surface area contributed by atoms with Crippen molar-refractivity contribution in [1.82, 2.24) is 20.4 Å². The van der Waals surface area contributed by atoms with E-state index in [9.17, 15) is 14.0 Å². The molecule has 0 bridgehead atoms. The Balaban J connectivity index is 1.98. The van der Waals surface area contributed by atoms with Crippen LogP contribution in [0, 0.1) is 11.2 Å². The highest BCUT2D eigenvalue weighted by atomic mass is 35.5. The first kappa shape index (κ1) is 23.2. The number of hydrogen-bond donors (Lipinski definition) is 3. The van der Waals surface area contributed by atoms with Crippen LogP contribution in [0.1, 0.15) is 32.0 Å². The Morgan fingerprint density at radius 3 is 2.81 bits per heavy atom. The van der Waals surface area contributed by atoms with Gasteiger partial charge in [-0.15, -0.1) is 0 Å². The van der Waals surface area contributed by atoms with E-state index >= 15 is 0 Å². The summed E-state index contributed by atoms with van der Waals surface area (Å²) in [7, 11) is 0. The van der Waals surface area contributed by atoms with Gasteiger partial charge in [0.2, 0.25) is 5.91 Å². The summed E-state index contributed by atoms with van der Waals surface area (Å²) in [6, 6.07) is 2.65. The Bertz CT molecular complexity index is 986. The summed E-state index contributed by atoms with van der Waals surface area (Å²) in [5, 5.41) is 19.0. The molecule has 1 aromatic carbocycles. The molecule has 168 valence electrons. The number of halogens is 2. The largest absolute Gasteiger partial charge is 0.395 e. The molecule has 10 heteroatoms. The van der Waals surface area contributed by atoms with Crippen molar-refractivity contribution in [2.75, 3.05) is 19.8 Å². The third-order valence-corrected chi connectivity index (χ3v) is 5.24. The van der Waals surface area contributed by atoms with E-state index in [-0.39, 0.29) is 31.0 Å². The van der Waals surface area contributed by atoms with Gasteiger partial charge in [-0.25, -0.2) is 9.18 Å². The van der Waals surface area contributed by atoms with Crippen molar-refractivity contribution >= 4 is 23.5 Å². The first-order valence-corrected chi connectivity index (χ1v) is 10.3. The average molecular weight is 453 g/mol. The number of aliphatic hydroxyl groups excluding tert-OH is 1. The molecule has 1 aromatic heterocycles. The van der Waals surface area contributed by atoms with E-state index in [1.165, 1.54) is 22.9 Å². The van der Waals surface area contributed by atoms with E-state index in [1.54, 1.807) is 0 Å². The van der Waals surface area contributed by atoms with Gasteiger partial charge in [0.1, 0.15) is 17.6 Å². The van der Waals surface area contributed by atoms with E-state index in [1.807, 2.05) is 20.8 Å². The predicted octanol–water partition coefficient (Wildman–Crippen LogP) is 2.50. The fourth-order valence-corrected chi connectivity index (χ4v) is 3.61. The number of carbonyl (C=O) groups is 2. The van der Waals surface area contributed by atoms with Gasteiger partial charge in [-0.05, 0) is 23.6 Å². The van der Waals surface area contributed by atoms with E-state index < -0.39 is 29.2 Å². The van der Waals surface area contributed by atoms with Crippen LogP contribution in [0.2, 0.25) is 5.02 Å². The molecule has 2 aromatic rings. The molecule has 0 radical (unpaired) electrons. The molecule has 8 nitrogen and oxygen atoms in total. The number of aromatic nitrogens is 2. The molecular formula is C21H26ClFN4O4. The number of hydrogen-bond acceptors (Lipinski definition) is 5. The number of amides is 2. The van der Waals surface area contributed by atoms with Crippen LogP contribution in [0.3, 0.4) is 0 Å². The number of benzene rings is 1. The second-order valence-electron chi connectivity index (χ2n) is 8.38. The zero-order valence-corrected chi connectivity index (χ0v) is 18.4. The lowest BCUT2D eigenvalue weighted by atomic mass is 9.86. The lowest BCUT2D eigenvalue weighted by molar-refractivity contribution is -0.125. The topological polar surface area (TPSA) is 105 Å². The van der Waals surface area contributed by atoms with Crippen LogP contribution in [0.25, 0.3) is 11.3 Å². The summed E-state index contributed by atoms with van der Waals surface area (Å²) < 4.78 is 21.2. The molecular weight excluding hydrogens is 427 g/mol. The van der Waals surface area contributed by atoms with E-state index in [0.29, 0.717) is 29.3 Å². The number of rotatable bonds is 5. The van der Waals surface area contributed by atoms with Crippen molar-refractivity contribution in [3.05, 3.63) is 40.3 Å². The second-order valence-corrected chi connectivity index (χ2v) is 8.81. The monoisotopic (exact) mass is 452 g/mol. The molecule has 3 N–H and O–H groups in total. The minimum Gasteiger partial charge on any atom is -0.395 e. The standard InChI is InChI=1S/C21H26ClFN4O4/c1-21(2,3)18(19(29)24-7-8-28)25-20(30)27-16-6-9-31-11-14(16)17(26-27)13-10-12(22)4-5-15(13)23/h4-5,10,18,28H,6-9,11H2,1-3H3,(H,24,29)(H,25,30). The highest BCUT2D eigenvalue weighted by Gasteiger charge is 2.34. The van der Waals surface area contributed by atoms with E-state index in [4.69, 9.17) is 21.4 Å². The van der Waals surface area contributed by atoms with Gasteiger partial charge in [-0.1, -0.05) is 32.4 Å². The van der Waals surface area contributed by atoms with Crippen molar-refractivity contribution in [3.8, 4) is 11.3 Å². The zero-order chi connectivity index (χ0) is 22.8. The van der Waals surface area contributed by atoms with Gasteiger partial charge in [-0.3, -0.25) is 4.79 Å². The summed E-state index contributed by atoms with van der Waals surface area (Å²) in [6.07, 6.45) is 0.412. The minimum atomic E-state index is -0.877. The van der Waals surface area contributed by atoms with E-state index in [0.717, 1.165) is 0 Å². The Morgan fingerprint density at radius 1 is 1.39 bits per heavy atom. The van der Waals surface area contributed by atoms with Gasteiger partial charge in [0.15, 0.2) is 0 Å². The van der Waals surface area contributed by atoms with Crippen LogP contribution < -0.4 is 10.6 Å². The average Bonchev–Trinajstić information content (AvgIpc) is 3.10. The second kappa shape index (κ2) is 9.33. The normalized spacial score (nSPS) is 14.6. The first-order chi connectivity index (χ1) is 14.6. The lowest BCUT2D eigenvalue weighted by Gasteiger charge is -2.30. The molecule has 0 fully saturated rings. The molecule has 0 saturated carbocycles. The zero-order valence-electron chi connectivity index (χ0n) is 17.7. The molecule has 0 saturated heterocycles. The Hall–Kier alpha value is -2.49. The van der Waals surface area contributed by atoms with Gasteiger partial charge in [0.25, 0.3) is 0 Å². The van der Waals surface area contributed by atoms with Crippen molar-refractivity contribution in [1.29, 1.82) is 0 Å². The summed E-state index contributed by atoms with van der Waals surface area (Å²) >= 11 is 6.04. The van der Waals surface area contributed by atoms with Gasteiger partial charge in [0.05, 0.1) is 25.5 Å². The molecule has 0 spiro atoms. The maximum atomic E-state index is 14.5. The Morgan fingerprint density at radius 2 is 2.13 bits per heavy atom. The maximum Gasteiger partial charge on any atom is 0.343 e. The molecule has 2 heterocycles. The first-order valence-electron chi connectivity index (χ1n) is 9.97. The number of aliphatic hydroxyl groups is 1. The Kier molecular flexibility index (Phi) is 6.98. The van der Waals surface area contributed by atoms with Crippen LogP contribution in [0.15, 0.2) is 18.2 Å². The number of nitrogens with zero attached hydrogens (tertiary/aromatic N) is 2. The lowest BCUT2D eigenvalue weighted by Crippen LogP contribution is -2.55. The molecule has 3 rings (SSSR count). The van der Waals surface area contributed by atoms with Crippen LogP contribution in [-0.2, 0) is 22.6 Å². The van der Waals surface area contributed by atoms with Crippen molar-refractivity contribution in [2.45, 2.75) is 39.8 Å². The molecule has 1 aliphatic rings. The summed E-state index contributed by atoms with van der Waals surface area (Å²) in [6.45, 7) is 5.89. The molecule has 1 unspecified atom stereocenters. The van der Waals surface area contributed by atoms with Crippen LogP contribution in [-0.4, -0.2) is 52.6 Å². The SMILES string of the molecule is CC(C)(C)C(NC(=O)n1nc(-c2cc(Cl)ccc2F)c2c1CCOC2)C(=O)NCCO. The fraction of sp³-hybridized carbons (Fsp3) is 0.476. The van der Waals surface area contributed by atoms with Gasteiger partial charge in [-0.2, -0.15) is 9.78 Å². The summed E-state index contributed by atoms with van der Waals surface area (Å²) in [4.78, 5) is 25.7. The number of fused-ring (bicyclic) bond motifs is 1. The highest BCUT2D eigenvalue weighted by Crippen LogP contribution is 2.32. The fourth-order valence-electron chi connectivity index (χ4n) is 3.44. The molecule has 1 aliphatic heterocycles. The Labute approximate surface area is 184 Å². The van der Waals surface area contributed by atoms with Crippen molar-refractivity contribution in [3.63, 3.8) is 0 Å². The maximum absolute atomic E-state index is 14.5. The quantitative estimate of drug-likeness (QED) is 0.646. The van der Waals surface area contributed by atoms with Crippen LogP contribution in [0.4, 0.5) is 9.18 Å². The smallest absolute Gasteiger partial charge is 0.343 e. The predicted molar refractivity (Wildman–Crippen MR) is 113 cm³/mol. The van der Waals surface area contributed by atoms with Crippen LogP contribution in [0.5, 0.6) is 0 Å². The molecule has 1 atom stereocenters. The van der Waals surface area contributed by atoms with Gasteiger partial charge >= 0.3 is 6.03 Å². The summed E-state index contributed by atoms with van der Waals surface area (Å²) in [5.74, 6) is -0.931. The third-order valence-electron chi connectivity index (χ3n) is 5.00. The molecule has 0 aliphatic carbocycles. The highest BCUT2D eigenvalue weighted by molar-refractivity contribution is 6.30. The summed E-state index contributed by atoms with van der Waals surface area (Å²) in [5.41, 5.74) is 1.06. The van der Waals surface area contributed by atoms with Crippen molar-refractivity contribution < 1.29 is 23.8 Å². The number of ether oxygens (including phenoxy) is 1. The van der Waals surface area contributed by atoms with Gasteiger partial charge in [0, 0.05) is 29.1 Å².